The molecule has 1 aromatic rings. The quantitative estimate of drug-likeness (QED) is 0.907. The van der Waals surface area contributed by atoms with Gasteiger partial charge in [-0.3, -0.25) is 0 Å². The zero-order chi connectivity index (χ0) is 13.3. The zero-order valence-corrected chi connectivity index (χ0v) is 12.3. The molecule has 5 heteroatoms. The summed E-state index contributed by atoms with van der Waals surface area (Å²) in [6.45, 7) is 0. The van der Waals surface area contributed by atoms with Gasteiger partial charge in [0.25, 0.3) is 0 Å². The molecule has 0 amide bonds. The minimum absolute atomic E-state index is 0.553. The van der Waals surface area contributed by atoms with E-state index in [-0.39, 0.29) is 0 Å². The molecular formula is C13H17BrO4. The van der Waals surface area contributed by atoms with E-state index in [1.807, 2.05) is 6.07 Å². The van der Waals surface area contributed by atoms with E-state index in [4.69, 9.17) is 14.2 Å². The highest BCUT2D eigenvalue weighted by molar-refractivity contribution is 9.10. The van der Waals surface area contributed by atoms with Gasteiger partial charge in [-0.2, -0.15) is 0 Å². The SMILES string of the molecule is COc1cc(Br)c(CC2(O)CC2)c(OC)c1OC. The van der Waals surface area contributed by atoms with Crippen LogP contribution in [-0.2, 0) is 6.42 Å². The van der Waals surface area contributed by atoms with E-state index in [0.717, 1.165) is 22.9 Å². The molecule has 1 aliphatic carbocycles. The van der Waals surface area contributed by atoms with Gasteiger partial charge in [0, 0.05) is 16.5 Å². The molecule has 1 fully saturated rings. The topological polar surface area (TPSA) is 47.9 Å². The first-order chi connectivity index (χ1) is 8.54. The van der Waals surface area contributed by atoms with Gasteiger partial charge in [-0.15, -0.1) is 0 Å². The maximum atomic E-state index is 10.1. The molecule has 2 rings (SSSR count). The first-order valence-corrected chi connectivity index (χ1v) is 6.53. The van der Waals surface area contributed by atoms with Crippen LogP contribution in [0.1, 0.15) is 18.4 Å². The van der Waals surface area contributed by atoms with Crippen LogP contribution in [0.15, 0.2) is 10.5 Å². The van der Waals surface area contributed by atoms with E-state index in [0.29, 0.717) is 23.7 Å². The van der Waals surface area contributed by atoms with Crippen molar-refractivity contribution in [3.8, 4) is 17.2 Å². The summed E-state index contributed by atoms with van der Waals surface area (Å²) in [4.78, 5) is 0. The van der Waals surface area contributed by atoms with Crippen LogP contribution in [0.5, 0.6) is 17.2 Å². The highest BCUT2D eigenvalue weighted by Crippen LogP contribution is 2.48. The third-order valence-corrected chi connectivity index (χ3v) is 3.92. The van der Waals surface area contributed by atoms with Crippen LogP contribution in [0.25, 0.3) is 0 Å². The number of methoxy groups -OCH3 is 3. The second kappa shape index (κ2) is 4.97. The van der Waals surface area contributed by atoms with Crippen LogP contribution in [0.4, 0.5) is 0 Å². The van der Waals surface area contributed by atoms with E-state index < -0.39 is 5.60 Å². The van der Waals surface area contributed by atoms with Crippen molar-refractivity contribution in [2.75, 3.05) is 21.3 Å². The molecule has 0 radical (unpaired) electrons. The van der Waals surface area contributed by atoms with Crippen molar-refractivity contribution in [2.45, 2.75) is 24.9 Å². The molecule has 1 aliphatic rings. The molecule has 0 bridgehead atoms. The van der Waals surface area contributed by atoms with Gasteiger partial charge in [0.1, 0.15) is 0 Å². The molecule has 0 spiro atoms. The third kappa shape index (κ3) is 2.42. The second-order valence-electron chi connectivity index (χ2n) is 4.51. The van der Waals surface area contributed by atoms with Crippen molar-refractivity contribution < 1.29 is 19.3 Å². The fraction of sp³-hybridized carbons (Fsp3) is 0.538. The second-order valence-corrected chi connectivity index (χ2v) is 5.36. The molecule has 0 heterocycles. The number of hydrogen-bond acceptors (Lipinski definition) is 4. The Morgan fingerprint density at radius 1 is 1.17 bits per heavy atom. The Balaban J connectivity index is 2.49. The largest absolute Gasteiger partial charge is 0.493 e. The minimum atomic E-state index is -0.588. The van der Waals surface area contributed by atoms with Gasteiger partial charge in [0.2, 0.25) is 5.75 Å². The number of halogens is 1. The highest BCUT2D eigenvalue weighted by Gasteiger charge is 2.42. The molecule has 0 aliphatic heterocycles. The molecule has 0 atom stereocenters. The normalized spacial score (nSPS) is 16.3. The van der Waals surface area contributed by atoms with Crippen LogP contribution >= 0.6 is 15.9 Å². The average molecular weight is 317 g/mol. The molecule has 1 saturated carbocycles. The lowest BCUT2D eigenvalue weighted by Gasteiger charge is -2.19. The minimum Gasteiger partial charge on any atom is -0.493 e. The molecule has 100 valence electrons. The van der Waals surface area contributed by atoms with Gasteiger partial charge in [0.15, 0.2) is 11.5 Å². The number of aliphatic hydroxyl groups is 1. The highest BCUT2D eigenvalue weighted by atomic mass is 79.9. The smallest absolute Gasteiger partial charge is 0.203 e. The monoisotopic (exact) mass is 316 g/mol. The van der Waals surface area contributed by atoms with Crippen molar-refractivity contribution in [2.24, 2.45) is 0 Å². The van der Waals surface area contributed by atoms with Gasteiger partial charge < -0.3 is 19.3 Å². The van der Waals surface area contributed by atoms with Gasteiger partial charge in [-0.05, 0) is 18.9 Å². The lowest BCUT2D eigenvalue weighted by Crippen LogP contribution is -2.13. The predicted octanol–water partition coefficient (Wildman–Crippen LogP) is 2.54. The lowest BCUT2D eigenvalue weighted by atomic mass is 10.0. The molecule has 0 saturated heterocycles. The van der Waals surface area contributed by atoms with Crippen molar-refractivity contribution in [3.63, 3.8) is 0 Å². The maximum Gasteiger partial charge on any atom is 0.203 e. The van der Waals surface area contributed by atoms with Crippen molar-refractivity contribution in [1.29, 1.82) is 0 Å². The van der Waals surface area contributed by atoms with E-state index in [1.54, 1.807) is 21.3 Å². The Hall–Kier alpha value is -0.940. The molecule has 1 N–H and O–H groups in total. The van der Waals surface area contributed by atoms with Crippen LogP contribution in [0, 0.1) is 0 Å². The Labute approximate surface area is 115 Å². The van der Waals surface area contributed by atoms with Crippen molar-refractivity contribution in [1.82, 2.24) is 0 Å². The number of benzene rings is 1. The molecular weight excluding hydrogens is 300 g/mol. The maximum absolute atomic E-state index is 10.1. The van der Waals surface area contributed by atoms with Crippen LogP contribution < -0.4 is 14.2 Å². The van der Waals surface area contributed by atoms with Crippen LogP contribution in [0.3, 0.4) is 0 Å². The number of hydrogen-bond donors (Lipinski definition) is 1. The fourth-order valence-electron chi connectivity index (χ4n) is 2.00. The summed E-state index contributed by atoms with van der Waals surface area (Å²) in [6, 6.07) is 1.84. The average Bonchev–Trinajstić information content (AvgIpc) is 3.08. The summed E-state index contributed by atoms with van der Waals surface area (Å²) >= 11 is 3.50. The molecule has 18 heavy (non-hydrogen) atoms. The summed E-state index contributed by atoms with van der Waals surface area (Å²) in [6.07, 6.45) is 2.21. The molecule has 4 nitrogen and oxygen atoms in total. The number of ether oxygens (including phenoxy) is 3. The third-order valence-electron chi connectivity index (χ3n) is 3.21. The van der Waals surface area contributed by atoms with E-state index >= 15 is 0 Å². The summed E-state index contributed by atoms with van der Waals surface area (Å²) in [7, 11) is 4.74. The van der Waals surface area contributed by atoms with Crippen LogP contribution in [-0.4, -0.2) is 32.0 Å². The Morgan fingerprint density at radius 2 is 1.78 bits per heavy atom. The van der Waals surface area contributed by atoms with E-state index in [9.17, 15) is 5.11 Å². The van der Waals surface area contributed by atoms with Gasteiger partial charge >= 0.3 is 0 Å². The first-order valence-electron chi connectivity index (χ1n) is 5.74. The van der Waals surface area contributed by atoms with Crippen molar-refractivity contribution >= 4 is 15.9 Å². The predicted molar refractivity (Wildman–Crippen MR) is 71.7 cm³/mol. The van der Waals surface area contributed by atoms with E-state index in [1.165, 1.54) is 0 Å². The van der Waals surface area contributed by atoms with Crippen LogP contribution in [0.2, 0.25) is 0 Å². The summed E-state index contributed by atoms with van der Waals surface area (Å²) < 4.78 is 16.9. The Morgan fingerprint density at radius 3 is 2.22 bits per heavy atom. The Kier molecular flexibility index (Phi) is 3.73. The molecule has 0 unspecified atom stereocenters. The summed E-state index contributed by atoms with van der Waals surface area (Å²) in [5.74, 6) is 1.78. The fourth-order valence-corrected chi connectivity index (χ4v) is 2.53. The van der Waals surface area contributed by atoms with Gasteiger partial charge in [-0.25, -0.2) is 0 Å². The number of rotatable bonds is 5. The van der Waals surface area contributed by atoms with Gasteiger partial charge in [-0.1, -0.05) is 15.9 Å². The molecule has 1 aromatic carbocycles. The van der Waals surface area contributed by atoms with E-state index in [2.05, 4.69) is 15.9 Å². The Bertz CT molecular complexity index is 455. The standard InChI is InChI=1S/C13H17BrO4/c1-16-10-6-9(14)8(7-13(15)4-5-13)11(17-2)12(10)18-3/h6,15H,4-5,7H2,1-3H3. The first kappa shape index (κ1) is 13.5. The lowest BCUT2D eigenvalue weighted by molar-refractivity contribution is 0.149. The van der Waals surface area contributed by atoms with Gasteiger partial charge in [0.05, 0.1) is 26.9 Å². The summed E-state index contributed by atoms with van der Waals surface area (Å²) in [5, 5.41) is 10.1. The van der Waals surface area contributed by atoms with Crippen molar-refractivity contribution in [3.05, 3.63) is 16.1 Å². The zero-order valence-electron chi connectivity index (χ0n) is 10.7. The summed E-state index contributed by atoms with van der Waals surface area (Å²) in [5.41, 5.74) is 0.324. The molecule has 0 aromatic heterocycles.